The van der Waals surface area contributed by atoms with Crippen LogP contribution < -0.4 is 5.32 Å². The molecule has 0 heterocycles. The molecular formula is C13H30N2O3. The summed E-state index contributed by atoms with van der Waals surface area (Å²) in [6.45, 7) is 8.59. The molecule has 0 spiro atoms. The van der Waals surface area contributed by atoms with Crippen molar-refractivity contribution in [1.29, 1.82) is 0 Å². The quantitative estimate of drug-likeness (QED) is 0.497. The number of ether oxygens (including phenoxy) is 2. The van der Waals surface area contributed by atoms with Crippen LogP contribution in [0.2, 0.25) is 0 Å². The highest BCUT2D eigenvalue weighted by molar-refractivity contribution is 4.72. The molecule has 0 aliphatic heterocycles. The van der Waals surface area contributed by atoms with Gasteiger partial charge in [-0.05, 0) is 19.9 Å². The van der Waals surface area contributed by atoms with Crippen LogP contribution in [0.25, 0.3) is 0 Å². The molecular weight excluding hydrogens is 232 g/mol. The largest absolute Gasteiger partial charge is 0.390 e. The summed E-state index contributed by atoms with van der Waals surface area (Å²) in [5.74, 6) is 0. The van der Waals surface area contributed by atoms with Crippen LogP contribution in [0.5, 0.6) is 0 Å². The highest BCUT2D eigenvalue weighted by atomic mass is 16.5. The molecule has 0 amide bonds. The second-order valence-corrected chi connectivity index (χ2v) is 4.65. The molecule has 0 saturated heterocycles. The zero-order valence-electron chi connectivity index (χ0n) is 12.3. The molecule has 0 bridgehead atoms. The minimum atomic E-state index is -0.354. The third kappa shape index (κ3) is 8.83. The van der Waals surface area contributed by atoms with E-state index >= 15 is 0 Å². The molecule has 18 heavy (non-hydrogen) atoms. The Hall–Kier alpha value is -0.200. The molecule has 0 aliphatic carbocycles. The van der Waals surface area contributed by atoms with E-state index in [1.807, 2.05) is 0 Å². The molecule has 0 rings (SSSR count). The van der Waals surface area contributed by atoms with E-state index in [0.29, 0.717) is 26.3 Å². The predicted octanol–water partition coefficient (Wildman–Crippen LogP) is 0.330. The number of rotatable bonds is 12. The van der Waals surface area contributed by atoms with Crippen molar-refractivity contribution in [3.05, 3.63) is 0 Å². The van der Waals surface area contributed by atoms with Crippen molar-refractivity contribution in [2.75, 3.05) is 53.6 Å². The number of nitrogens with zero attached hydrogens (tertiary/aromatic N) is 1. The molecule has 2 atom stereocenters. The van der Waals surface area contributed by atoms with E-state index in [9.17, 15) is 5.11 Å². The number of aliphatic hydroxyl groups excluding tert-OH is 1. The molecule has 0 aromatic rings. The van der Waals surface area contributed by atoms with Gasteiger partial charge in [0.25, 0.3) is 0 Å². The van der Waals surface area contributed by atoms with Crippen LogP contribution in [-0.2, 0) is 9.47 Å². The van der Waals surface area contributed by atoms with Crippen molar-refractivity contribution >= 4 is 0 Å². The average Bonchev–Trinajstić information content (AvgIpc) is 2.35. The van der Waals surface area contributed by atoms with Crippen LogP contribution in [0.15, 0.2) is 0 Å². The fourth-order valence-corrected chi connectivity index (χ4v) is 1.83. The summed E-state index contributed by atoms with van der Waals surface area (Å²) in [6.07, 6.45) is 0.730. The zero-order chi connectivity index (χ0) is 13.8. The van der Waals surface area contributed by atoms with Crippen LogP contribution in [0.4, 0.5) is 0 Å². The lowest BCUT2D eigenvalue weighted by Gasteiger charge is -2.30. The van der Waals surface area contributed by atoms with E-state index in [2.05, 4.69) is 24.1 Å². The first-order chi connectivity index (χ1) is 8.65. The van der Waals surface area contributed by atoms with Crippen molar-refractivity contribution < 1.29 is 14.6 Å². The van der Waals surface area contributed by atoms with Gasteiger partial charge in [0, 0.05) is 39.9 Å². The van der Waals surface area contributed by atoms with Crippen molar-refractivity contribution in [2.45, 2.75) is 32.4 Å². The third-order valence-electron chi connectivity index (χ3n) is 2.87. The molecule has 2 unspecified atom stereocenters. The maximum Gasteiger partial charge on any atom is 0.0791 e. The summed E-state index contributed by atoms with van der Waals surface area (Å²) in [5, 5.41) is 13.2. The van der Waals surface area contributed by atoms with Gasteiger partial charge in [-0.3, -0.25) is 4.90 Å². The Kier molecular flexibility index (Phi) is 11.7. The van der Waals surface area contributed by atoms with Crippen LogP contribution in [-0.4, -0.2) is 75.8 Å². The van der Waals surface area contributed by atoms with E-state index in [-0.39, 0.29) is 12.1 Å². The summed E-state index contributed by atoms with van der Waals surface area (Å²) in [4.78, 5) is 2.20. The average molecular weight is 262 g/mol. The molecule has 0 fully saturated rings. The van der Waals surface area contributed by atoms with Crippen LogP contribution >= 0.6 is 0 Å². The Morgan fingerprint density at radius 3 is 2.56 bits per heavy atom. The normalized spacial score (nSPS) is 15.0. The predicted molar refractivity (Wildman–Crippen MR) is 74.0 cm³/mol. The highest BCUT2D eigenvalue weighted by Gasteiger charge is 2.17. The van der Waals surface area contributed by atoms with Crippen molar-refractivity contribution in [3.8, 4) is 0 Å². The first-order valence-corrected chi connectivity index (χ1v) is 6.76. The van der Waals surface area contributed by atoms with E-state index in [4.69, 9.17) is 9.47 Å². The topological polar surface area (TPSA) is 54.0 Å². The fraction of sp³-hybridized carbons (Fsp3) is 1.00. The van der Waals surface area contributed by atoms with Gasteiger partial charge in [-0.25, -0.2) is 0 Å². The van der Waals surface area contributed by atoms with Gasteiger partial charge < -0.3 is 19.9 Å². The summed E-state index contributed by atoms with van der Waals surface area (Å²) in [7, 11) is 3.39. The molecule has 0 saturated carbocycles. The maximum atomic E-state index is 9.98. The number of methoxy groups -OCH3 is 2. The van der Waals surface area contributed by atoms with Crippen LogP contribution in [0.3, 0.4) is 0 Å². The van der Waals surface area contributed by atoms with Gasteiger partial charge in [0.2, 0.25) is 0 Å². The Morgan fingerprint density at radius 2 is 2.00 bits per heavy atom. The molecule has 0 aromatic heterocycles. The van der Waals surface area contributed by atoms with Gasteiger partial charge in [-0.1, -0.05) is 6.92 Å². The Morgan fingerprint density at radius 1 is 1.28 bits per heavy atom. The van der Waals surface area contributed by atoms with Gasteiger partial charge in [-0.15, -0.1) is 0 Å². The number of hydrogen-bond donors (Lipinski definition) is 2. The third-order valence-corrected chi connectivity index (χ3v) is 2.87. The second-order valence-electron chi connectivity index (χ2n) is 4.65. The molecule has 5 nitrogen and oxygen atoms in total. The molecule has 2 N–H and O–H groups in total. The fourth-order valence-electron chi connectivity index (χ4n) is 1.83. The Balaban J connectivity index is 4.03. The molecule has 0 aliphatic rings. The van der Waals surface area contributed by atoms with Gasteiger partial charge in [-0.2, -0.15) is 0 Å². The minimum absolute atomic E-state index is 0.283. The number of hydrogen-bond acceptors (Lipinski definition) is 5. The summed E-state index contributed by atoms with van der Waals surface area (Å²) in [5.41, 5.74) is 0. The smallest absolute Gasteiger partial charge is 0.0791 e. The zero-order valence-corrected chi connectivity index (χ0v) is 12.3. The lowest BCUT2D eigenvalue weighted by atomic mass is 10.2. The first-order valence-electron chi connectivity index (χ1n) is 6.76. The Labute approximate surface area is 111 Å². The second kappa shape index (κ2) is 11.9. The van der Waals surface area contributed by atoms with Crippen LogP contribution in [0.1, 0.15) is 20.3 Å². The van der Waals surface area contributed by atoms with E-state index in [0.717, 1.165) is 19.5 Å². The van der Waals surface area contributed by atoms with Gasteiger partial charge in [0.05, 0.1) is 19.3 Å². The molecule has 110 valence electrons. The minimum Gasteiger partial charge on any atom is -0.390 e. The van der Waals surface area contributed by atoms with E-state index in [1.165, 1.54) is 0 Å². The molecule has 0 aromatic carbocycles. The maximum absolute atomic E-state index is 9.98. The van der Waals surface area contributed by atoms with E-state index < -0.39 is 0 Å². The van der Waals surface area contributed by atoms with Crippen LogP contribution in [0, 0.1) is 0 Å². The first kappa shape index (κ1) is 17.8. The standard InChI is InChI=1S/C13H30N2O3/c1-5-6-14-9-13(16)10-15(7-8-17-3)12(2)11-18-4/h12-14,16H,5-11H2,1-4H3. The summed E-state index contributed by atoms with van der Waals surface area (Å²) >= 11 is 0. The SMILES string of the molecule is CCCNCC(O)CN(CCOC)C(C)COC. The van der Waals surface area contributed by atoms with Crippen molar-refractivity contribution in [3.63, 3.8) is 0 Å². The lowest BCUT2D eigenvalue weighted by molar-refractivity contribution is 0.0392. The van der Waals surface area contributed by atoms with Gasteiger partial charge in [0.1, 0.15) is 0 Å². The van der Waals surface area contributed by atoms with Gasteiger partial charge in [0.15, 0.2) is 0 Å². The molecule has 0 radical (unpaired) electrons. The highest BCUT2D eigenvalue weighted by Crippen LogP contribution is 2.01. The van der Waals surface area contributed by atoms with Crippen molar-refractivity contribution in [2.24, 2.45) is 0 Å². The number of nitrogens with one attached hydrogen (secondary N) is 1. The van der Waals surface area contributed by atoms with Gasteiger partial charge >= 0.3 is 0 Å². The van der Waals surface area contributed by atoms with Crippen molar-refractivity contribution in [1.82, 2.24) is 10.2 Å². The van der Waals surface area contributed by atoms with E-state index in [1.54, 1.807) is 14.2 Å². The summed E-state index contributed by atoms with van der Waals surface area (Å²) < 4.78 is 10.3. The lowest BCUT2D eigenvalue weighted by Crippen LogP contribution is -2.45. The summed E-state index contributed by atoms with van der Waals surface area (Å²) in [6, 6.07) is 0.283. The molecule has 5 heteroatoms. The Bertz CT molecular complexity index is 182. The number of aliphatic hydroxyl groups is 1. The monoisotopic (exact) mass is 262 g/mol.